The van der Waals surface area contributed by atoms with Crippen LogP contribution in [0.1, 0.15) is 25.6 Å². The minimum absolute atomic E-state index is 0.167. The summed E-state index contributed by atoms with van der Waals surface area (Å²) in [6.07, 6.45) is 1.11. The topological polar surface area (TPSA) is 77.4 Å². The lowest BCUT2D eigenvalue weighted by atomic mass is 10.1. The molecule has 0 saturated heterocycles. The molecule has 2 heterocycles. The molecular formula is C21H20N4O3S. The van der Waals surface area contributed by atoms with Gasteiger partial charge in [-0.1, -0.05) is 42.1 Å². The maximum Gasteiger partial charge on any atom is 0.247 e. The summed E-state index contributed by atoms with van der Waals surface area (Å²) in [5.74, 6) is 0.816. The van der Waals surface area contributed by atoms with Crippen molar-refractivity contribution in [1.82, 2.24) is 15.2 Å². The predicted molar refractivity (Wildman–Crippen MR) is 111 cm³/mol. The number of hydrogen-bond acceptors (Lipinski definition) is 7. The quantitative estimate of drug-likeness (QED) is 0.601. The standard InChI is InChI=1S/C21H20N4O3S/c1-4-27-17-12-8-6-10-15(17)20-25(13(2)26)16-11-7-5-9-14(16)18-19(28-20)22-21(29-3)24-23-18/h5-12,20H,4H2,1-3H3/t20-/m0/s1. The van der Waals surface area contributed by atoms with Gasteiger partial charge >= 0.3 is 0 Å². The van der Waals surface area contributed by atoms with Crippen molar-refractivity contribution in [2.24, 2.45) is 0 Å². The van der Waals surface area contributed by atoms with E-state index in [0.29, 0.717) is 34.8 Å². The monoisotopic (exact) mass is 408 g/mol. The van der Waals surface area contributed by atoms with E-state index in [1.54, 1.807) is 4.90 Å². The molecule has 8 heteroatoms. The lowest BCUT2D eigenvalue weighted by Crippen LogP contribution is -2.36. The molecule has 1 aliphatic rings. The Bertz CT molecular complexity index is 1060. The fraction of sp³-hybridized carbons (Fsp3) is 0.238. The molecular weight excluding hydrogens is 388 g/mol. The van der Waals surface area contributed by atoms with Gasteiger partial charge in [-0.2, -0.15) is 4.98 Å². The average molecular weight is 408 g/mol. The highest BCUT2D eigenvalue weighted by molar-refractivity contribution is 7.98. The summed E-state index contributed by atoms with van der Waals surface area (Å²) in [4.78, 5) is 18.9. The van der Waals surface area contributed by atoms with E-state index in [0.717, 1.165) is 11.1 Å². The highest BCUT2D eigenvalue weighted by Gasteiger charge is 2.35. The number of nitrogens with zero attached hydrogens (tertiary/aromatic N) is 4. The van der Waals surface area contributed by atoms with Crippen LogP contribution in [0.3, 0.4) is 0 Å². The van der Waals surface area contributed by atoms with Crippen LogP contribution in [-0.2, 0) is 4.79 Å². The minimum atomic E-state index is -0.760. The molecule has 1 aromatic heterocycles. The van der Waals surface area contributed by atoms with E-state index in [9.17, 15) is 4.79 Å². The second-order valence-corrected chi connectivity index (χ2v) is 7.07. The van der Waals surface area contributed by atoms with Crippen molar-refractivity contribution in [3.05, 3.63) is 54.1 Å². The second-order valence-electron chi connectivity index (χ2n) is 6.30. The van der Waals surface area contributed by atoms with Crippen molar-refractivity contribution in [3.8, 4) is 22.9 Å². The molecule has 0 radical (unpaired) electrons. The van der Waals surface area contributed by atoms with Crippen molar-refractivity contribution >= 4 is 23.4 Å². The number of carbonyl (C=O) groups excluding carboxylic acids is 1. The molecule has 4 rings (SSSR count). The first-order chi connectivity index (χ1) is 14.1. The van der Waals surface area contributed by atoms with Gasteiger partial charge in [0.25, 0.3) is 0 Å². The number of thioether (sulfide) groups is 1. The van der Waals surface area contributed by atoms with Crippen LogP contribution in [0, 0.1) is 0 Å². The molecule has 0 spiro atoms. The van der Waals surface area contributed by atoms with Gasteiger partial charge in [0.15, 0.2) is 5.69 Å². The molecule has 0 fully saturated rings. The van der Waals surface area contributed by atoms with Crippen LogP contribution < -0.4 is 14.4 Å². The Labute approximate surface area is 173 Å². The Morgan fingerprint density at radius 2 is 1.93 bits per heavy atom. The van der Waals surface area contributed by atoms with Crippen LogP contribution in [0.25, 0.3) is 11.3 Å². The lowest BCUT2D eigenvalue weighted by Gasteiger charge is -2.30. The molecule has 0 saturated carbocycles. The molecule has 3 aromatic rings. The molecule has 1 amide bonds. The number of carbonyl (C=O) groups is 1. The number of anilines is 1. The van der Waals surface area contributed by atoms with Crippen molar-refractivity contribution in [2.75, 3.05) is 17.8 Å². The Morgan fingerprint density at radius 1 is 1.17 bits per heavy atom. The molecule has 2 aromatic carbocycles. The average Bonchev–Trinajstić information content (AvgIpc) is 2.88. The molecule has 0 N–H and O–H groups in total. The number of rotatable bonds is 4. The van der Waals surface area contributed by atoms with Crippen LogP contribution >= 0.6 is 11.8 Å². The first-order valence-electron chi connectivity index (χ1n) is 9.20. The van der Waals surface area contributed by atoms with E-state index in [2.05, 4.69) is 15.2 Å². The summed E-state index contributed by atoms with van der Waals surface area (Å²) >= 11 is 1.38. The third-order valence-corrected chi connectivity index (χ3v) is 5.06. The normalized spacial score (nSPS) is 15.0. The van der Waals surface area contributed by atoms with Crippen molar-refractivity contribution in [1.29, 1.82) is 0 Å². The van der Waals surface area contributed by atoms with Crippen molar-refractivity contribution in [3.63, 3.8) is 0 Å². The van der Waals surface area contributed by atoms with E-state index >= 15 is 0 Å². The summed E-state index contributed by atoms with van der Waals surface area (Å²) in [6, 6.07) is 15.1. The number of hydrogen-bond donors (Lipinski definition) is 0. The third kappa shape index (κ3) is 3.51. The van der Waals surface area contributed by atoms with Gasteiger partial charge in [0.05, 0.1) is 17.9 Å². The Balaban J connectivity index is 1.97. The summed E-state index contributed by atoms with van der Waals surface area (Å²) in [5, 5.41) is 9.00. The maximum absolute atomic E-state index is 12.8. The maximum atomic E-state index is 12.8. The van der Waals surface area contributed by atoms with E-state index in [4.69, 9.17) is 9.47 Å². The van der Waals surface area contributed by atoms with Crippen LogP contribution in [0.15, 0.2) is 53.7 Å². The van der Waals surface area contributed by atoms with Gasteiger partial charge in [0.1, 0.15) is 5.75 Å². The zero-order chi connectivity index (χ0) is 20.4. The number of benzene rings is 2. The van der Waals surface area contributed by atoms with Gasteiger partial charge in [-0.15, -0.1) is 10.2 Å². The number of ether oxygens (including phenoxy) is 2. The zero-order valence-electron chi connectivity index (χ0n) is 16.3. The molecule has 148 valence electrons. The van der Waals surface area contributed by atoms with E-state index < -0.39 is 6.23 Å². The van der Waals surface area contributed by atoms with Gasteiger partial charge in [-0.05, 0) is 31.4 Å². The Morgan fingerprint density at radius 3 is 2.69 bits per heavy atom. The highest BCUT2D eigenvalue weighted by Crippen LogP contribution is 2.44. The van der Waals surface area contributed by atoms with Gasteiger partial charge < -0.3 is 9.47 Å². The zero-order valence-corrected chi connectivity index (χ0v) is 17.1. The van der Waals surface area contributed by atoms with Crippen LogP contribution in [-0.4, -0.2) is 34.0 Å². The Hall–Kier alpha value is -3.13. The van der Waals surface area contributed by atoms with E-state index in [-0.39, 0.29) is 5.91 Å². The molecule has 1 atom stereocenters. The molecule has 0 unspecified atom stereocenters. The number of fused-ring (bicyclic) bond motifs is 3. The Kier molecular flexibility index (Phi) is 5.35. The molecule has 0 bridgehead atoms. The molecule has 1 aliphatic heterocycles. The van der Waals surface area contributed by atoms with Gasteiger partial charge in [0, 0.05) is 12.5 Å². The number of aromatic nitrogens is 3. The first-order valence-corrected chi connectivity index (χ1v) is 10.4. The number of para-hydroxylation sites is 2. The third-order valence-electron chi connectivity index (χ3n) is 4.52. The summed E-state index contributed by atoms with van der Waals surface area (Å²) < 4.78 is 12.1. The van der Waals surface area contributed by atoms with Crippen LogP contribution in [0.2, 0.25) is 0 Å². The fourth-order valence-corrected chi connectivity index (χ4v) is 3.61. The van der Waals surface area contributed by atoms with E-state index in [1.807, 2.05) is 61.7 Å². The second kappa shape index (κ2) is 8.08. The highest BCUT2D eigenvalue weighted by atomic mass is 32.2. The van der Waals surface area contributed by atoms with Crippen molar-refractivity contribution < 1.29 is 14.3 Å². The number of amides is 1. The van der Waals surface area contributed by atoms with Gasteiger partial charge in [-0.3, -0.25) is 9.69 Å². The lowest BCUT2D eigenvalue weighted by molar-refractivity contribution is -0.118. The molecule has 29 heavy (non-hydrogen) atoms. The van der Waals surface area contributed by atoms with Gasteiger partial charge in [-0.25, -0.2) is 0 Å². The summed E-state index contributed by atoms with van der Waals surface area (Å²) in [5.41, 5.74) is 2.65. The summed E-state index contributed by atoms with van der Waals surface area (Å²) in [7, 11) is 0. The van der Waals surface area contributed by atoms with Gasteiger partial charge in [0.2, 0.25) is 23.2 Å². The minimum Gasteiger partial charge on any atom is -0.493 e. The largest absolute Gasteiger partial charge is 0.493 e. The van der Waals surface area contributed by atoms with Crippen LogP contribution in [0.4, 0.5) is 5.69 Å². The SMILES string of the molecule is CCOc1ccccc1[C@@H]1Oc2nc(SC)nnc2-c2ccccc2N1C(C)=O. The van der Waals surface area contributed by atoms with Crippen molar-refractivity contribution in [2.45, 2.75) is 25.2 Å². The predicted octanol–water partition coefficient (Wildman–Crippen LogP) is 4.10. The first kappa shape index (κ1) is 19.2. The van der Waals surface area contributed by atoms with E-state index in [1.165, 1.54) is 18.7 Å². The molecule has 0 aliphatic carbocycles. The van der Waals surface area contributed by atoms with Crippen LogP contribution in [0.5, 0.6) is 11.6 Å². The fourth-order valence-electron chi connectivity index (χ4n) is 3.31. The smallest absolute Gasteiger partial charge is 0.247 e. The molecule has 7 nitrogen and oxygen atoms in total. The summed E-state index contributed by atoms with van der Waals surface area (Å²) in [6.45, 7) is 3.93.